The molecule has 0 bridgehead atoms. The number of ketones is 1. The van der Waals surface area contributed by atoms with E-state index >= 15 is 0 Å². The Balaban J connectivity index is 2.73. The van der Waals surface area contributed by atoms with E-state index in [1.54, 1.807) is 0 Å². The molecule has 14 heavy (non-hydrogen) atoms. The minimum Gasteiger partial charge on any atom is -0.477 e. The van der Waals surface area contributed by atoms with Crippen LogP contribution in [-0.2, 0) is 9.53 Å². The van der Waals surface area contributed by atoms with Crippen LogP contribution in [0, 0.1) is 22.2 Å². The van der Waals surface area contributed by atoms with E-state index in [1.807, 2.05) is 6.92 Å². The molecule has 1 aliphatic rings. The van der Waals surface area contributed by atoms with E-state index in [4.69, 9.17) is 15.4 Å². The lowest BCUT2D eigenvalue weighted by Gasteiger charge is -2.16. The van der Waals surface area contributed by atoms with Crippen LogP contribution in [-0.4, -0.2) is 17.8 Å². The Kier molecular flexibility index (Phi) is 2.90. The molecule has 1 rings (SSSR count). The second-order valence-corrected chi connectivity index (χ2v) is 3.86. The number of carbonyl (C=O) groups is 1. The van der Waals surface area contributed by atoms with Crippen molar-refractivity contribution in [3.8, 4) is 6.07 Å². The second-order valence-electron chi connectivity index (χ2n) is 3.86. The third kappa shape index (κ3) is 1.92. The first-order valence-electron chi connectivity index (χ1n) is 4.66. The minimum atomic E-state index is -0.856. The minimum absolute atomic E-state index is 0.0220. The Bertz CT molecular complexity index is 306. The molecule has 0 spiro atoms. The maximum atomic E-state index is 10.8. The Labute approximate surface area is 83.4 Å². The fourth-order valence-electron chi connectivity index (χ4n) is 1.70. The molecule has 4 nitrogen and oxygen atoms in total. The molecule has 0 aromatic carbocycles. The van der Waals surface area contributed by atoms with E-state index < -0.39 is 5.41 Å². The number of Topliss-reactive ketones (excluding diaryl/α,β-unsaturated/α-hetero) is 1. The molecule has 0 amide bonds. The number of rotatable bonds is 3. The van der Waals surface area contributed by atoms with E-state index in [1.165, 1.54) is 6.92 Å². The number of hydrogen-bond acceptors (Lipinski definition) is 4. The molecule has 2 atom stereocenters. The molecule has 1 heterocycles. The third-order valence-corrected chi connectivity index (χ3v) is 2.51. The summed E-state index contributed by atoms with van der Waals surface area (Å²) in [7, 11) is 0. The van der Waals surface area contributed by atoms with Gasteiger partial charge in [0.05, 0.1) is 12.2 Å². The van der Waals surface area contributed by atoms with Crippen molar-refractivity contribution in [2.24, 2.45) is 5.41 Å². The summed E-state index contributed by atoms with van der Waals surface area (Å²) in [4.78, 5) is 10.8. The van der Waals surface area contributed by atoms with E-state index in [0.717, 1.165) is 0 Å². The van der Waals surface area contributed by atoms with Crippen molar-refractivity contribution in [3.05, 3.63) is 0 Å². The molecular weight excluding hydrogens is 180 g/mol. The highest BCUT2D eigenvalue weighted by molar-refractivity contribution is 5.85. The SMILES string of the molecule is CC(=O)CCC1(C#N)CC(C)OC1=N. The Morgan fingerprint density at radius 1 is 1.86 bits per heavy atom. The van der Waals surface area contributed by atoms with Crippen LogP contribution in [0.4, 0.5) is 0 Å². The topological polar surface area (TPSA) is 73.9 Å². The van der Waals surface area contributed by atoms with Gasteiger partial charge in [0.25, 0.3) is 0 Å². The summed E-state index contributed by atoms with van der Waals surface area (Å²) in [5.74, 6) is 0.0701. The number of nitrogens with zero attached hydrogens (tertiary/aromatic N) is 1. The normalized spacial score (nSPS) is 30.9. The van der Waals surface area contributed by atoms with Crippen LogP contribution in [0.3, 0.4) is 0 Å². The predicted molar refractivity (Wildman–Crippen MR) is 50.9 cm³/mol. The quantitative estimate of drug-likeness (QED) is 0.742. The van der Waals surface area contributed by atoms with Crippen molar-refractivity contribution in [1.29, 1.82) is 10.7 Å². The maximum Gasteiger partial charge on any atom is 0.201 e. The molecule has 0 aliphatic carbocycles. The van der Waals surface area contributed by atoms with Gasteiger partial charge in [-0.15, -0.1) is 0 Å². The number of ether oxygens (including phenoxy) is 1. The van der Waals surface area contributed by atoms with Gasteiger partial charge in [-0.1, -0.05) is 0 Å². The Morgan fingerprint density at radius 3 is 2.86 bits per heavy atom. The molecule has 0 radical (unpaired) electrons. The van der Waals surface area contributed by atoms with Gasteiger partial charge >= 0.3 is 0 Å². The molecular formula is C10H14N2O2. The van der Waals surface area contributed by atoms with E-state index in [9.17, 15) is 4.79 Å². The smallest absolute Gasteiger partial charge is 0.201 e. The second kappa shape index (κ2) is 3.79. The predicted octanol–water partition coefficient (Wildman–Crippen LogP) is 1.65. The van der Waals surface area contributed by atoms with Crippen LogP contribution < -0.4 is 0 Å². The van der Waals surface area contributed by atoms with Crippen LogP contribution in [0.15, 0.2) is 0 Å². The zero-order valence-corrected chi connectivity index (χ0v) is 8.46. The molecule has 0 aromatic heterocycles. The van der Waals surface area contributed by atoms with Crippen molar-refractivity contribution in [1.82, 2.24) is 0 Å². The van der Waals surface area contributed by atoms with Crippen LogP contribution in [0.2, 0.25) is 0 Å². The Morgan fingerprint density at radius 2 is 2.50 bits per heavy atom. The van der Waals surface area contributed by atoms with E-state index in [-0.39, 0.29) is 17.8 Å². The zero-order chi connectivity index (χ0) is 10.8. The van der Waals surface area contributed by atoms with Crippen LogP contribution in [0.5, 0.6) is 0 Å². The van der Waals surface area contributed by atoms with Crippen molar-refractivity contribution in [2.75, 3.05) is 0 Å². The van der Waals surface area contributed by atoms with Crippen molar-refractivity contribution < 1.29 is 9.53 Å². The number of carbonyl (C=O) groups excluding carboxylic acids is 1. The summed E-state index contributed by atoms with van der Waals surface area (Å²) in [6.07, 6.45) is 1.18. The molecule has 76 valence electrons. The van der Waals surface area contributed by atoms with Gasteiger partial charge in [0.2, 0.25) is 5.90 Å². The number of nitrogens with one attached hydrogen (secondary N) is 1. The molecule has 1 aliphatic heterocycles. The van der Waals surface area contributed by atoms with Crippen LogP contribution >= 0.6 is 0 Å². The molecule has 2 unspecified atom stereocenters. The highest BCUT2D eigenvalue weighted by Gasteiger charge is 2.45. The van der Waals surface area contributed by atoms with Gasteiger partial charge in [-0.2, -0.15) is 5.26 Å². The van der Waals surface area contributed by atoms with Crippen molar-refractivity contribution in [3.63, 3.8) is 0 Å². The fourth-order valence-corrected chi connectivity index (χ4v) is 1.70. The summed E-state index contributed by atoms with van der Waals surface area (Å²) in [6, 6.07) is 2.11. The highest BCUT2D eigenvalue weighted by atomic mass is 16.5. The fraction of sp³-hybridized carbons (Fsp3) is 0.700. The highest BCUT2D eigenvalue weighted by Crippen LogP contribution is 2.37. The zero-order valence-electron chi connectivity index (χ0n) is 8.46. The summed E-state index contributed by atoms with van der Waals surface area (Å²) in [6.45, 7) is 3.33. The largest absolute Gasteiger partial charge is 0.477 e. The first-order chi connectivity index (χ1) is 6.50. The molecule has 1 N–H and O–H groups in total. The molecule has 1 saturated heterocycles. The van der Waals surface area contributed by atoms with Gasteiger partial charge < -0.3 is 9.53 Å². The average Bonchev–Trinajstić information content (AvgIpc) is 2.38. The Hall–Kier alpha value is -1.37. The molecule has 0 saturated carbocycles. The summed E-state index contributed by atoms with van der Waals surface area (Å²) in [5.41, 5.74) is -0.856. The maximum absolute atomic E-state index is 10.8. The number of nitriles is 1. The lowest BCUT2D eigenvalue weighted by Crippen LogP contribution is -2.24. The third-order valence-electron chi connectivity index (χ3n) is 2.51. The molecule has 4 heteroatoms. The summed E-state index contributed by atoms with van der Waals surface area (Å²) < 4.78 is 5.15. The van der Waals surface area contributed by atoms with Crippen molar-refractivity contribution in [2.45, 2.75) is 39.2 Å². The van der Waals surface area contributed by atoms with Crippen LogP contribution in [0.1, 0.15) is 33.1 Å². The van der Waals surface area contributed by atoms with Gasteiger partial charge in [0.15, 0.2) is 0 Å². The van der Waals surface area contributed by atoms with Gasteiger partial charge in [-0.05, 0) is 20.3 Å². The van der Waals surface area contributed by atoms with Gasteiger partial charge in [0, 0.05) is 12.8 Å². The summed E-state index contributed by atoms with van der Waals surface area (Å²) in [5, 5.41) is 16.6. The first kappa shape index (κ1) is 10.7. The monoisotopic (exact) mass is 194 g/mol. The lowest BCUT2D eigenvalue weighted by molar-refractivity contribution is -0.117. The van der Waals surface area contributed by atoms with Gasteiger partial charge in [-0.25, -0.2) is 0 Å². The van der Waals surface area contributed by atoms with Gasteiger partial charge in [0.1, 0.15) is 11.2 Å². The van der Waals surface area contributed by atoms with E-state index in [0.29, 0.717) is 19.3 Å². The molecule has 0 aromatic rings. The summed E-state index contributed by atoms with van der Waals surface area (Å²) >= 11 is 0. The number of hydrogen-bond donors (Lipinski definition) is 1. The van der Waals surface area contributed by atoms with Crippen molar-refractivity contribution >= 4 is 11.7 Å². The lowest BCUT2D eigenvalue weighted by atomic mass is 9.81. The average molecular weight is 194 g/mol. The molecule has 1 fully saturated rings. The standard InChI is InChI=1S/C10H14N2O2/c1-7(13)3-4-10(6-11)5-8(2)14-9(10)12/h8,12H,3-5H2,1-2H3. The van der Waals surface area contributed by atoms with E-state index in [2.05, 4.69) is 6.07 Å². The first-order valence-corrected chi connectivity index (χ1v) is 4.66. The van der Waals surface area contributed by atoms with Crippen LogP contribution in [0.25, 0.3) is 0 Å². The van der Waals surface area contributed by atoms with Gasteiger partial charge in [-0.3, -0.25) is 5.41 Å².